The van der Waals surface area contributed by atoms with Crippen molar-refractivity contribution in [2.45, 2.75) is 34.1 Å². The van der Waals surface area contributed by atoms with Crippen LogP contribution in [0.5, 0.6) is 0 Å². The van der Waals surface area contributed by atoms with E-state index < -0.39 is 0 Å². The standard InChI is InChI=1S/C15H20ClNO2/c1-5-19-14(18)8-11(9-15(2,3)4)12-6-7-17-10-13(12)16/h6-8,10H,5,9H2,1-4H3/b11-8+. The molecule has 0 aliphatic rings. The maximum Gasteiger partial charge on any atom is 0.331 e. The molecule has 0 amide bonds. The molecule has 0 unspecified atom stereocenters. The van der Waals surface area contributed by atoms with Crippen molar-refractivity contribution < 1.29 is 9.53 Å². The van der Waals surface area contributed by atoms with Gasteiger partial charge >= 0.3 is 5.97 Å². The largest absolute Gasteiger partial charge is 0.463 e. The number of ether oxygens (including phenoxy) is 1. The lowest BCUT2D eigenvalue weighted by atomic mass is 9.85. The van der Waals surface area contributed by atoms with Crippen molar-refractivity contribution in [2.24, 2.45) is 5.41 Å². The third kappa shape index (κ3) is 5.43. The van der Waals surface area contributed by atoms with Crippen LogP contribution < -0.4 is 0 Å². The van der Waals surface area contributed by atoms with Crippen LogP contribution in [-0.4, -0.2) is 17.6 Å². The molecule has 1 aromatic heterocycles. The summed E-state index contributed by atoms with van der Waals surface area (Å²) in [6.07, 6.45) is 5.51. The van der Waals surface area contributed by atoms with Crippen LogP contribution in [0.25, 0.3) is 5.57 Å². The maximum absolute atomic E-state index is 11.7. The van der Waals surface area contributed by atoms with Gasteiger partial charge in [-0.3, -0.25) is 4.98 Å². The average Bonchev–Trinajstić information content (AvgIpc) is 2.27. The van der Waals surface area contributed by atoms with E-state index in [9.17, 15) is 4.79 Å². The summed E-state index contributed by atoms with van der Waals surface area (Å²) in [5.74, 6) is -0.338. The number of aromatic nitrogens is 1. The van der Waals surface area contributed by atoms with Gasteiger partial charge in [0.15, 0.2) is 0 Å². The molecule has 0 bridgehead atoms. The van der Waals surface area contributed by atoms with E-state index in [-0.39, 0.29) is 11.4 Å². The van der Waals surface area contributed by atoms with Gasteiger partial charge in [-0.15, -0.1) is 0 Å². The minimum absolute atomic E-state index is 0.0466. The molecule has 0 aliphatic heterocycles. The summed E-state index contributed by atoms with van der Waals surface area (Å²) < 4.78 is 4.97. The summed E-state index contributed by atoms with van der Waals surface area (Å²) in [5.41, 5.74) is 1.75. The van der Waals surface area contributed by atoms with Crippen LogP contribution in [0.2, 0.25) is 5.02 Å². The van der Waals surface area contributed by atoms with Crippen molar-refractivity contribution in [3.05, 3.63) is 35.1 Å². The Morgan fingerprint density at radius 3 is 2.68 bits per heavy atom. The first-order valence-electron chi connectivity index (χ1n) is 6.30. The zero-order chi connectivity index (χ0) is 14.5. The topological polar surface area (TPSA) is 39.2 Å². The molecule has 0 spiro atoms. The number of rotatable bonds is 4. The monoisotopic (exact) mass is 281 g/mol. The molecule has 0 radical (unpaired) electrons. The molecular weight excluding hydrogens is 262 g/mol. The molecule has 0 saturated carbocycles. The fraction of sp³-hybridized carbons (Fsp3) is 0.467. The third-order valence-electron chi connectivity index (χ3n) is 2.42. The summed E-state index contributed by atoms with van der Waals surface area (Å²) >= 11 is 6.15. The molecule has 0 saturated heterocycles. The fourth-order valence-electron chi connectivity index (χ4n) is 1.76. The SMILES string of the molecule is CCOC(=O)/C=C(\CC(C)(C)C)c1ccncc1Cl. The van der Waals surface area contributed by atoms with Gasteiger partial charge in [-0.25, -0.2) is 4.79 Å². The number of carbonyl (C=O) groups excluding carboxylic acids is 1. The fourth-order valence-corrected chi connectivity index (χ4v) is 2.00. The number of carbonyl (C=O) groups is 1. The normalized spacial score (nSPS) is 12.4. The van der Waals surface area contributed by atoms with Crippen LogP contribution in [0, 0.1) is 5.41 Å². The van der Waals surface area contributed by atoms with E-state index in [1.165, 1.54) is 6.08 Å². The molecule has 0 fully saturated rings. The molecule has 0 atom stereocenters. The van der Waals surface area contributed by atoms with Gasteiger partial charge in [-0.1, -0.05) is 32.4 Å². The van der Waals surface area contributed by atoms with Crippen molar-refractivity contribution in [1.29, 1.82) is 0 Å². The minimum atomic E-state index is -0.338. The quantitative estimate of drug-likeness (QED) is 0.616. The number of hydrogen-bond acceptors (Lipinski definition) is 3. The highest BCUT2D eigenvalue weighted by Gasteiger charge is 2.17. The van der Waals surface area contributed by atoms with Gasteiger partial charge in [0.2, 0.25) is 0 Å². The summed E-state index contributed by atoms with van der Waals surface area (Å²) in [5, 5.41) is 0.544. The first-order valence-corrected chi connectivity index (χ1v) is 6.68. The van der Waals surface area contributed by atoms with Crippen molar-refractivity contribution in [3.8, 4) is 0 Å². The number of hydrogen-bond donors (Lipinski definition) is 0. The van der Waals surface area contributed by atoms with Crippen LogP contribution in [0.4, 0.5) is 0 Å². The third-order valence-corrected chi connectivity index (χ3v) is 2.72. The number of nitrogens with zero attached hydrogens (tertiary/aromatic N) is 1. The summed E-state index contributed by atoms with van der Waals surface area (Å²) in [7, 11) is 0. The van der Waals surface area contributed by atoms with E-state index in [0.717, 1.165) is 17.6 Å². The second kappa shape index (κ2) is 6.71. The lowest BCUT2D eigenvalue weighted by Crippen LogP contribution is -2.09. The number of allylic oxidation sites excluding steroid dienone is 1. The molecular formula is C15H20ClNO2. The molecule has 0 aromatic carbocycles. The van der Waals surface area contributed by atoms with E-state index in [1.54, 1.807) is 19.3 Å². The van der Waals surface area contributed by atoms with E-state index in [2.05, 4.69) is 25.8 Å². The molecule has 104 valence electrons. The molecule has 1 aromatic rings. The first-order chi connectivity index (χ1) is 8.83. The maximum atomic E-state index is 11.7. The van der Waals surface area contributed by atoms with Gasteiger partial charge in [0.1, 0.15) is 0 Å². The van der Waals surface area contributed by atoms with Gasteiger partial charge in [0.05, 0.1) is 11.6 Å². The highest BCUT2D eigenvalue weighted by Crippen LogP contribution is 2.33. The van der Waals surface area contributed by atoms with Crippen LogP contribution in [0.1, 0.15) is 39.7 Å². The van der Waals surface area contributed by atoms with E-state index in [4.69, 9.17) is 16.3 Å². The molecule has 1 rings (SSSR count). The Bertz CT molecular complexity index is 475. The number of esters is 1. The summed E-state index contributed by atoms with van der Waals surface area (Å²) in [6.45, 7) is 8.49. The van der Waals surface area contributed by atoms with E-state index >= 15 is 0 Å². The van der Waals surface area contributed by atoms with Gasteiger partial charge in [0, 0.05) is 18.5 Å². The Labute approximate surface area is 119 Å². The first kappa shape index (κ1) is 15.7. The van der Waals surface area contributed by atoms with Crippen molar-refractivity contribution in [3.63, 3.8) is 0 Å². The minimum Gasteiger partial charge on any atom is -0.463 e. The smallest absolute Gasteiger partial charge is 0.331 e. The zero-order valence-corrected chi connectivity index (χ0v) is 12.6. The average molecular weight is 282 g/mol. The van der Waals surface area contributed by atoms with E-state index in [1.807, 2.05) is 6.07 Å². The predicted octanol–water partition coefficient (Wildman–Crippen LogP) is 4.12. The number of halogens is 1. The lowest BCUT2D eigenvalue weighted by molar-refractivity contribution is -0.137. The van der Waals surface area contributed by atoms with Gasteiger partial charge in [-0.2, -0.15) is 0 Å². The second-order valence-electron chi connectivity index (χ2n) is 5.51. The Morgan fingerprint density at radius 2 is 2.16 bits per heavy atom. The number of pyridine rings is 1. The molecule has 19 heavy (non-hydrogen) atoms. The van der Waals surface area contributed by atoms with Crippen LogP contribution in [0.3, 0.4) is 0 Å². The molecule has 4 heteroatoms. The van der Waals surface area contributed by atoms with Crippen molar-refractivity contribution >= 4 is 23.1 Å². The van der Waals surface area contributed by atoms with E-state index in [0.29, 0.717) is 11.6 Å². The Kier molecular flexibility index (Phi) is 5.55. The highest BCUT2D eigenvalue weighted by atomic mass is 35.5. The summed E-state index contributed by atoms with van der Waals surface area (Å²) in [6, 6.07) is 1.82. The van der Waals surface area contributed by atoms with Crippen LogP contribution in [0.15, 0.2) is 24.5 Å². The molecule has 3 nitrogen and oxygen atoms in total. The lowest BCUT2D eigenvalue weighted by Gasteiger charge is -2.21. The predicted molar refractivity (Wildman–Crippen MR) is 77.9 cm³/mol. The molecule has 1 heterocycles. The van der Waals surface area contributed by atoms with Crippen molar-refractivity contribution in [1.82, 2.24) is 4.98 Å². The zero-order valence-electron chi connectivity index (χ0n) is 11.9. The second-order valence-corrected chi connectivity index (χ2v) is 5.92. The molecule has 0 aliphatic carbocycles. The Morgan fingerprint density at radius 1 is 1.47 bits per heavy atom. The highest BCUT2D eigenvalue weighted by molar-refractivity contribution is 6.32. The van der Waals surface area contributed by atoms with Crippen LogP contribution >= 0.6 is 11.6 Å². The van der Waals surface area contributed by atoms with Gasteiger partial charge < -0.3 is 4.74 Å². The van der Waals surface area contributed by atoms with Crippen molar-refractivity contribution in [2.75, 3.05) is 6.61 Å². The Balaban J connectivity index is 3.13. The Hall–Kier alpha value is -1.35. The van der Waals surface area contributed by atoms with Gasteiger partial charge in [-0.05, 0) is 36.0 Å². The van der Waals surface area contributed by atoms with Gasteiger partial charge in [0.25, 0.3) is 0 Å². The molecule has 0 N–H and O–H groups in total. The summed E-state index contributed by atoms with van der Waals surface area (Å²) in [4.78, 5) is 15.6. The van der Waals surface area contributed by atoms with Crippen LogP contribution in [-0.2, 0) is 9.53 Å².